The zero-order valence-corrected chi connectivity index (χ0v) is 14.1. The second-order valence-corrected chi connectivity index (χ2v) is 5.51. The van der Waals surface area contributed by atoms with Crippen molar-refractivity contribution < 1.29 is 14.3 Å². The molecule has 0 bridgehead atoms. The predicted molar refractivity (Wildman–Crippen MR) is 97.7 cm³/mol. The van der Waals surface area contributed by atoms with Crippen LogP contribution in [0, 0.1) is 13.8 Å². The Morgan fingerprint density at radius 3 is 1.71 bits per heavy atom. The molecule has 3 nitrogen and oxygen atoms in total. The van der Waals surface area contributed by atoms with Crippen molar-refractivity contribution in [2.45, 2.75) is 13.8 Å². The Kier molecular flexibility index (Phi) is 6.84. The van der Waals surface area contributed by atoms with Gasteiger partial charge in [0.05, 0.1) is 0 Å². The van der Waals surface area contributed by atoms with E-state index >= 15 is 0 Å². The summed E-state index contributed by atoms with van der Waals surface area (Å²) in [6.45, 7) is 4.45. The van der Waals surface area contributed by atoms with E-state index in [9.17, 15) is 4.79 Å². The first-order valence-corrected chi connectivity index (χ1v) is 7.89. The first kappa shape index (κ1) is 17.5. The lowest BCUT2D eigenvalue weighted by molar-refractivity contribution is 0.0720. The van der Waals surface area contributed by atoms with Gasteiger partial charge >= 0.3 is 6.16 Å². The summed E-state index contributed by atoms with van der Waals surface area (Å²) in [5.41, 5.74) is 4.54. The molecule has 0 saturated carbocycles. The lowest BCUT2D eigenvalue weighted by Gasteiger charge is -2.02. The van der Waals surface area contributed by atoms with Crippen molar-refractivity contribution in [3.05, 3.63) is 82.9 Å². The van der Waals surface area contributed by atoms with E-state index in [2.05, 4.69) is 12.1 Å². The molecule has 0 unspecified atom stereocenters. The normalized spacial score (nSPS) is 11.1. The highest BCUT2D eigenvalue weighted by molar-refractivity contribution is 5.61. The minimum absolute atomic E-state index is 0.189. The lowest BCUT2D eigenvalue weighted by Crippen LogP contribution is -2.07. The fraction of sp³-hybridized carbons (Fsp3) is 0.190. The Morgan fingerprint density at radius 2 is 1.29 bits per heavy atom. The molecule has 0 fully saturated rings. The van der Waals surface area contributed by atoms with Crippen LogP contribution < -0.4 is 0 Å². The van der Waals surface area contributed by atoms with Crippen LogP contribution in [-0.4, -0.2) is 19.4 Å². The fourth-order valence-corrected chi connectivity index (χ4v) is 2.19. The average Bonchev–Trinajstić information content (AvgIpc) is 2.56. The van der Waals surface area contributed by atoms with Gasteiger partial charge in [-0.1, -0.05) is 71.8 Å². The molecule has 0 aliphatic heterocycles. The Balaban J connectivity index is 1.66. The van der Waals surface area contributed by atoms with E-state index in [4.69, 9.17) is 9.47 Å². The van der Waals surface area contributed by atoms with E-state index in [1.54, 1.807) is 12.2 Å². The molecule has 124 valence electrons. The van der Waals surface area contributed by atoms with E-state index in [1.165, 1.54) is 11.1 Å². The fourth-order valence-electron chi connectivity index (χ4n) is 2.19. The van der Waals surface area contributed by atoms with Gasteiger partial charge in [0.1, 0.15) is 13.2 Å². The van der Waals surface area contributed by atoms with Gasteiger partial charge in [-0.05, 0) is 37.1 Å². The third kappa shape index (κ3) is 6.53. The first-order valence-electron chi connectivity index (χ1n) is 7.89. The van der Waals surface area contributed by atoms with Crippen LogP contribution in [0.3, 0.4) is 0 Å². The summed E-state index contributed by atoms with van der Waals surface area (Å²) in [5, 5.41) is 0. The molecular formula is C21H22O3. The second-order valence-electron chi connectivity index (χ2n) is 5.51. The number of carbonyl (C=O) groups is 1. The highest BCUT2D eigenvalue weighted by Gasteiger charge is 1.99. The number of hydrogen-bond acceptors (Lipinski definition) is 3. The maximum atomic E-state index is 11.5. The van der Waals surface area contributed by atoms with Crippen molar-refractivity contribution in [3.63, 3.8) is 0 Å². The van der Waals surface area contributed by atoms with Gasteiger partial charge < -0.3 is 9.47 Å². The lowest BCUT2D eigenvalue weighted by atomic mass is 10.1. The van der Waals surface area contributed by atoms with Crippen molar-refractivity contribution in [1.82, 2.24) is 0 Å². The zero-order valence-electron chi connectivity index (χ0n) is 14.1. The standard InChI is InChI=1S/C21H22O3/c1-17-7-3-9-19(15-17)11-5-13-23-21(22)24-14-6-12-20-10-4-8-18(2)16-20/h3-12,15-16H,13-14H2,1-2H3. The van der Waals surface area contributed by atoms with Gasteiger partial charge in [-0.2, -0.15) is 0 Å². The molecule has 0 amide bonds. The van der Waals surface area contributed by atoms with Crippen molar-refractivity contribution >= 4 is 18.3 Å². The highest BCUT2D eigenvalue weighted by atomic mass is 16.7. The van der Waals surface area contributed by atoms with Crippen LogP contribution in [0.25, 0.3) is 12.2 Å². The summed E-state index contributed by atoms with van der Waals surface area (Å²) in [5.74, 6) is 0. The number of carbonyl (C=O) groups excluding carboxylic acids is 1. The van der Waals surface area contributed by atoms with E-state index in [1.807, 2.05) is 62.4 Å². The molecule has 24 heavy (non-hydrogen) atoms. The first-order chi connectivity index (χ1) is 11.6. The number of rotatable bonds is 6. The number of benzene rings is 2. The maximum Gasteiger partial charge on any atom is 0.508 e. The molecule has 2 rings (SSSR count). The molecule has 0 heterocycles. The number of hydrogen-bond donors (Lipinski definition) is 0. The minimum Gasteiger partial charge on any atom is -0.430 e. The van der Waals surface area contributed by atoms with E-state index in [0.717, 1.165) is 11.1 Å². The third-order valence-corrected chi connectivity index (χ3v) is 3.30. The quantitative estimate of drug-likeness (QED) is 0.687. The van der Waals surface area contributed by atoms with Gasteiger partial charge in [0.2, 0.25) is 0 Å². The minimum atomic E-state index is -0.669. The monoisotopic (exact) mass is 322 g/mol. The van der Waals surface area contributed by atoms with Crippen molar-refractivity contribution in [2.75, 3.05) is 13.2 Å². The summed E-state index contributed by atoms with van der Waals surface area (Å²) in [4.78, 5) is 11.5. The van der Waals surface area contributed by atoms with Gasteiger partial charge in [-0.15, -0.1) is 0 Å². The average molecular weight is 322 g/mol. The second kappa shape index (κ2) is 9.36. The Morgan fingerprint density at radius 1 is 0.833 bits per heavy atom. The van der Waals surface area contributed by atoms with Crippen molar-refractivity contribution in [3.8, 4) is 0 Å². The number of ether oxygens (including phenoxy) is 2. The van der Waals surface area contributed by atoms with E-state index < -0.39 is 6.16 Å². The molecule has 2 aromatic rings. The molecule has 0 aliphatic carbocycles. The van der Waals surface area contributed by atoms with Crippen molar-refractivity contribution in [1.29, 1.82) is 0 Å². The summed E-state index contributed by atoms with van der Waals surface area (Å²) in [6, 6.07) is 16.2. The van der Waals surface area contributed by atoms with Crippen LogP contribution in [0.4, 0.5) is 4.79 Å². The van der Waals surface area contributed by atoms with Crippen molar-refractivity contribution in [2.24, 2.45) is 0 Å². The molecule has 0 atom stereocenters. The Hall–Kier alpha value is -2.81. The molecule has 0 aliphatic rings. The predicted octanol–water partition coefficient (Wildman–Crippen LogP) is 5.18. The van der Waals surface area contributed by atoms with Crippen LogP contribution >= 0.6 is 0 Å². The SMILES string of the molecule is Cc1cccc(C=CCOC(=O)OCC=Cc2cccc(C)c2)c1. The zero-order chi connectivity index (χ0) is 17.2. The highest BCUT2D eigenvalue weighted by Crippen LogP contribution is 2.06. The Bertz CT molecular complexity index is 668. The van der Waals surface area contributed by atoms with E-state index in [0.29, 0.717) is 0 Å². The molecule has 3 heteroatoms. The Labute approximate surface area is 143 Å². The smallest absolute Gasteiger partial charge is 0.430 e. The number of aryl methyl sites for hydroxylation is 2. The summed E-state index contributed by atoms with van der Waals surface area (Å²) < 4.78 is 9.97. The molecule has 0 spiro atoms. The molecule has 0 saturated heterocycles. The van der Waals surface area contributed by atoms with Gasteiger partial charge in [0, 0.05) is 0 Å². The summed E-state index contributed by atoms with van der Waals surface area (Å²) >= 11 is 0. The van der Waals surface area contributed by atoms with Crippen LogP contribution in [0.2, 0.25) is 0 Å². The van der Waals surface area contributed by atoms with Gasteiger partial charge in [0.15, 0.2) is 0 Å². The molecule has 0 aromatic heterocycles. The van der Waals surface area contributed by atoms with Crippen LogP contribution in [0.1, 0.15) is 22.3 Å². The van der Waals surface area contributed by atoms with Crippen LogP contribution in [0.15, 0.2) is 60.7 Å². The van der Waals surface area contributed by atoms with Gasteiger partial charge in [-0.3, -0.25) is 0 Å². The van der Waals surface area contributed by atoms with Crippen LogP contribution in [0.5, 0.6) is 0 Å². The maximum absolute atomic E-state index is 11.5. The van der Waals surface area contributed by atoms with Crippen LogP contribution in [-0.2, 0) is 9.47 Å². The summed E-state index contributed by atoms with van der Waals surface area (Å²) in [6.07, 6.45) is 6.74. The van der Waals surface area contributed by atoms with Gasteiger partial charge in [0.25, 0.3) is 0 Å². The largest absolute Gasteiger partial charge is 0.508 e. The molecular weight excluding hydrogens is 300 g/mol. The van der Waals surface area contributed by atoms with Gasteiger partial charge in [-0.25, -0.2) is 4.79 Å². The third-order valence-electron chi connectivity index (χ3n) is 3.30. The molecule has 0 N–H and O–H groups in total. The summed E-state index contributed by atoms with van der Waals surface area (Å²) in [7, 11) is 0. The topological polar surface area (TPSA) is 35.5 Å². The molecule has 0 radical (unpaired) electrons. The molecule has 2 aromatic carbocycles. The van der Waals surface area contributed by atoms with E-state index in [-0.39, 0.29) is 13.2 Å².